The average Bonchev–Trinajstić information content (AvgIpc) is 2.05. The van der Waals surface area contributed by atoms with Crippen molar-refractivity contribution in [1.29, 1.82) is 0 Å². The minimum atomic E-state index is 0.638. The van der Waals surface area contributed by atoms with Gasteiger partial charge >= 0.3 is 0 Å². The van der Waals surface area contributed by atoms with E-state index in [1.807, 2.05) is 12.1 Å². The Morgan fingerprint density at radius 1 is 1.50 bits per heavy atom. The van der Waals surface area contributed by atoms with E-state index < -0.39 is 0 Å². The minimum absolute atomic E-state index is 0.638. The van der Waals surface area contributed by atoms with Crippen molar-refractivity contribution in [3.05, 3.63) is 36.4 Å². The first-order chi connectivity index (χ1) is 4.86. The number of halogens is 1. The second-order valence-electron chi connectivity index (χ2n) is 1.85. The van der Waals surface area contributed by atoms with Gasteiger partial charge in [0.25, 0.3) is 0 Å². The van der Waals surface area contributed by atoms with Crippen LogP contribution in [0.15, 0.2) is 30.8 Å². The summed E-state index contributed by atoms with van der Waals surface area (Å²) in [5, 5.41) is 0. The maximum atomic E-state index is 5.12. The monoisotopic (exact) mass is 154 g/mol. The fourth-order valence-corrected chi connectivity index (χ4v) is 0.785. The molecule has 0 aliphatic carbocycles. The van der Waals surface area contributed by atoms with Crippen molar-refractivity contribution in [3.63, 3.8) is 0 Å². The topological polar surface area (TPSA) is 9.23 Å². The van der Waals surface area contributed by atoms with Crippen LogP contribution in [0, 0.1) is 0 Å². The van der Waals surface area contributed by atoms with E-state index in [-0.39, 0.29) is 0 Å². The molecule has 0 heterocycles. The largest absolute Gasteiger partial charge is 0.386 e. The lowest BCUT2D eigenvalue weighted by atomic mass is 10.2. The second-order valence-corrected chi connectivity index (χ2v) is 2.01. The van der Waals surface area contributed by atoms with Crippen LogP contribution in [0.25, 0.3) is 6.08 Å². The highest BCUT2D eigenvalue weighted by Gasteiger charge is 1.90. The molecule has 0 aromatic heterocycles. The molecule has 10 heavy (non-hydrogen) atoms. The van der Waals surface area contributed by atoms with Crippen molar-refractivity contribution in [2.24, 2.45) is 0 Å². The highest BCUT2D eigenvalue weighted by Crippen LogP contribution is 2.14. The fourth-order valence-electron chi connectivity index (χ4n) is 0.690. The van der Waals surface area contributed by atoms with Crippen LogP contribution in [-0.2, 0) is 0 Å². The lowest BCUT2D eigenvalue weighted by Crippen LogP contribution is -1.75. The Balaban J connectivity index is 2.98. The van der Waals surface area contributed by atoms with Gasteiger partial charge < -0.3 is 4.29 Å². The van der Waals surface area contributed by atoms with Gasteiger partial charge in [-0.2, -0.15) is 0 Å². The Morgan fingerprint density at radius 2 is 2.30 bits per heavy atom. The molecular formula is C8H7ClO. The molecule has 0 saturated heterocycles. The van der Waals surface area contributed by atoms with E-state index in [4.69, 9.17) is 11.9 Å². The molecule has 0 radical (unpaired) electrons. The van der Waals surface area contributed by atoms with Crippen LogP contribution < -0.4 is 4.29 Å². The molecule has 1 rings (SSSR count). The van der Waals surface area contributed by atoms with Crippen LogP contribution in [-0.4, -0.2) is 0 Å². The van der Waals surface area contributed by atoms with Crippen molar-refractivity contribution in [2.75, 3.05) is 0 Å². The number of hydrogen-bond donors (Lipinski definition) is 0. The average molecular weight is 155 g/mol. The second kappa shape index (κ2) is 3.28. The van der Waals surface area contributed by atoms with E-state index in [0.29, 0.717) is 5.75 Å². The molecule has 0 amide bonds. The quantitative estimate of drug-likeness (QED) is 0.637. The van der Waals surface area contributed by atoms with Gasteiger partial charge in [0.1, 0.15) is 17.6 Å². The summed E-state index contributed by atoms with van der Waals surface area (Å²) in [6.07, 6.45) is 1.74. The summed E-state index contributed by atoms with van der Waals surface area (Å²) in [4.78, 5) is 0. The summed E-state index contributed by atoms with van der Waals surface area (Å²) in [6.45, 7) is 3.61. The summed E-state index contributed by atoms with van der Waals surface area (Å²) < 4.78 is 4.48. The van der Waals surface area contributed by atoms with E-state index in [1.54, 1.807) is 18.2 Å². The summed E-state index contributed by atoms with van der Waals surface area (Å²) in [6, 6.07) is 7.36. The molecule has 0 unspecified atom stereocenters. The fraction of sp³-hybridized carbons (Fsp3) is 0. The summed E-state index contributed by atoms with van der Waals surface area (Å²) in [7, 11) is 0. The third-order valence-corrected chi connectivity index (χ3v) is 1.36. The molecule has 0 N–H and O–H groups in total. The molecule has 1 aromatic carbocycles. The Bertz CT molecular complexity index is 232. The molecule has 0 saturated carbocycles. The van der Waals surface area contributed by atoms with Crippen molar-refractivity contribution >= 4 is 17.9 Å². The van der Waals surface area contributed by atoms with Crippen molar-refractivity contribution in [1.82, 2.24) is 0 Å². The van der Waals surface area contributed by atoms with Gasteiger partial charge in [-0.15, -0.1) is 0 Å². The molecule has 0 atom stereocenters. The normalized spacial score (nSPS) is 8.90. The van der Waals surface area contributed by atoms with E-state index >= 15 is 0 Å². The molecule has 1 nitrogen and oxygen atoms in total. The first-order valence-electron chi connectivity index (χ1n) is 2.88. The van der Waals surface area contributed by atoms with Gasteiger partial charge in [-0.3, -0.25) is 0 Å². The Morgan fingerprint density at radius 3 is 2.90 bits per heavy atom. The third-order valence-electron chi connectivity index (χ3n) is 1.18. The van der Waals surface area contributed by atoms with Gasteiger partial charge in [-0.05, 0) is 17.7 Å². The number of benzene rings is 1. The van der Waals surface area contributed by atoms with Crippen molar-refractivity contribution < 1.29 is 4.29 Å². The minimum Gasteiger partial charge on any atom is -0.386 e. The predicted molar refractivity (Wildman–Crippen MR) is 43.0 cm³/mol. The smallest absolute Gasteiger partial charge is 0.146 e. The zero-order valence-corrected chi connectivity index (χ0v) is 6.14. The lowest BCUT2D eigenvalue weighted by molar-refractivity contribution is 0.619. The highest BCUT2D eigenvalue weighted by molar-refractivity contribution is 6.09. The molecule has 0 aliphatic heterocycles. The van der Waals surface area contributed by atoms with E-state index in [9.17, 15) is 0 Å². The Labute approximate surface area is 65.1 Å². The standard InChI is InChI=1S/C8H7ClO/c1-2-7-4-3-5-8(6-7)10-9/h2-6H,1H2. The van der Waals surface area contributed by atoms with Gasteiger partial charge in [-0.1, -0.05) is 24.8 Å². The van der Waals surface area contributed by atoms with E-state index in [0.717, 1.165) is 5.56 Å². The first kappa shape index (κ1) is 7.16. The summed E-state index contributed by atoms with van der Waals surface area (Å²) in [5.74, 6) is 0.638. The van der Waals surface area contributed by atoms with Gasteiger partial charge in [0.15, 0.2) is 0 Å². The van der Waals surface area contributed by atoms with Crippen LogP contribution in [0.2, 0.25) is 0 Å². The number of rotatable bonds is 2. The highest BCUT2D eigenvalue weighted by atomic mass is 35.5. The summed E-state index contributed by atoms with van der Waals surface area (Å²) in [5.41, 5.74) is 0.998. The lowest BCUT2D eigenvalue weighted by Gasteiger charge is -1.95. The van der Waals surface area contributed by atoms with Gasteiger partial charge in [0.05, 0.1) is 0 Å². The SMILES string of the molecule is C=Cc1cccc(OCl)c1. The van der Waals surface area contributed by atoms with E-state index in [1.165, 1.54) is 0 Å². The number of hydrogen-bond acceptors (Lipinski definition) is 1. The third kappa shape index (κ3) is 1.52. The maximum absolute atomic E-state index is 5.12. The van der Waals surface area contributed by atoms with Gasteiger partial charge in [0, 0.05) is 0 Å². The van der Waals surface area contributed by atoms with E-state index in [2.05, 4.69) is 10.9 Å². The van der Waals surface area contributed by atoms with Crippen LogP contribution >= 0.6 is 11.9 Å². The van der Waals surface area contributed by atoms with Crippen molar-refractivity contribution in [2.45, 2.75) is 0 Å². The van der Waals surface area contributed by atoms with Crippen LogP contribution in [0.3, 0.4) is 0 Å². The summed E-state index contributed by atoms with van der Waals surface area (Å²) >= 11 is 5.12. The zero-order valence-electron chi connectivity index (χ0n) is 5.38. The van der Waals surface area contributed by atoms with Crippen molar-refractivity contribution in [3.8, 4) is 5.75 Å². The Kier molecular flexibility index (Phi) is 2.35. The molecule has 0 bridgehead atoms. The van der Waals surface area contributed by atoms with Gasteiger partial charge in [-0.25, -0.2) is 0 Å². The predicted octanol–water partition coefficient (Wildman–Crippen LogP) is 2.86. The Hall–Kier alpha value is -0.950. The zero-order chi connectivity index (χ0) is 7.40. The van der Waals surface area contributed by atoms with Crippen LogP contribution in [0.1, 0.15) is 5.56 Å². The molecule has 0 spiro atoms. The molecule has 2 heteroatoms. The molecule has 52 valence electrons. The molecule has 0 fully saturated rings. The molecule has 0 aliphatic rings. The van der Waals surface area contributed by atoms with Gasteiger partial charge in [0.2, 0.25) is 0 Å². The maximum Gasteiger partial charge on any atom is 0.146 e. The van der Waals surface area contributed by atoms with Crippen LogP contribution in [0.4, 0.5) is 0 Å². The molecule has 1 aromatic rings. The first-order valence-corrected chi connectivity index (χ1v) is 3.19. The van der Waals surface area contributed by atoms with Crippen LogP contribution in [0.5, 0.6) is 5.75 Å². The molecular weight excluding hydrogens is 148 g/mol.